The van der Waals surface area contributed by atoms with Crippen molar-refractivity contribution in [2.45, 2.75) is 6.42 Å². The van der Waals surface area contributed by atoms with Crippen LogP contribution in [0.4, 0.5) is 0 Å². The Morgan fingerprint density at radius 2 is 1.93 bits per heavy atom. The number of benzene rings is 1. The fourth-order valence-electron chi connectivity index (χ4n) is 3.43. The Hall–Kier alpha value is -3.54. The van der Waals surface area contributed by atoms with Crippen molar-refractivity contribution >= 4 is 17.7 Å². The number of imidazole rings is 1. The van der Waals surface area contributed by atoms with Crippen LogP contribution in [0.3, 0.4) is 0 Å². The zero-order valence-electron chi connectivity index (χ0n) is 15.6. The van der Waals surface area contributed by atoms with Gasteiger partial charge < -0.3 is 13.9 Å². The molecule has 5 rings (SSSR count). The van der Waals surface area contributed by atoms with Crippen LogP contribution in [0.2, 0.25) is 0 Å². The van der Waals surface area contributed by atoms with Crippen molar-refractivity contribution < 1.29 is 9.47 Å². The van der Waals surface area contributed by atoms with E-state index >= 15 is 0 Å². The van der Waals surface area contributed by atoms with E-state index in [4.69, 9.17) is 9.47 Å². The summed E-state index contributed by atoms with van der Waals surface area (Å²) in [6.45, 7) is 1.14. The first-order valence-corrected chi connectivity index (χ1v) is 9.31. The highest BCUT2D eigenvalue weighted by molar-refractivity contribution is 5.81. The van der Waals surface area contributed by atoms with Gasteiger partial charge in [-0.15, -0.1) is 0 Å². The van der Waals surface area contributed by atoms with E-state index < -0.39 is 0 Å². The Balaban J connectivity index is 1.66. The smallest absolute Gasteiger partial charge is 0.219 e. The van der Waals surface area contributed by atoms with Crippen LogP contribution in [0.25, 0.3) is 28.8 Å². The molecule has 0 spiro atoms. The van der Waals surface area contributed by atoms with E-state index in [0.29, 0.717) is 13.2 Å². The van der Waals surface area contributed by atoms with Gasteiger partial charge in [0.15, 0.2) is 0 Å². The molecule has 0 unspecified atom stereocenters. The number of pyridine rings is 1. The van der Waals surface area contributed by atoms with E-state index in [1.807, 2.05) is 60.5 Å². The Bertz CT molecular complexity index is 1170. The summed E-state index contributed by atoms with van der Waals surface area (Å²) in [6.07, 6.45) is 10.5. The predicted octanol–water partition coefficient (Wildman–Crippen LogP) is 4.07. The molecular weight excluding hydrogens is 352 g/mol. The molecule has 4 aromatic rings. The molecule has 2 bridgehead atoms. The second-order valence-electron chi connectivity index (χ2n) is 6.75. The Kier molecular flexibility index (Phi) is 4.09. The number of ether oxygens (including phenoxy) is 2. The van der Waals surface area contributed by atoms with Crippen molar-refractivity contribution in [1.29, 1.82) is 0 Å². The summed E-state index contributed by atoms with van der Waals surface area (Å²) in [6, 6.07) is 12.2. The molecule has 0 N–H and O–H groups in total. The van der Waals surface area contributed by atoms with Gasteiger partial charge in [0.05, 0.1) is 42.5 Å². The molecule has 1 aliphatic rings. The number of aromatic nitrogens is 4. The molecule has 6 nitrogen and oxygen atoms in total. The van der Waals surface area contributed by atoms with Crippen LogP contribution in [0, 0.1) is 0 Å². The minimum atomic E-state index is 0.560. The number of fused-ring (bicyclic) bond motifs is 4. The molecule has 1 aromatic carbocycles. The normalized spacial score (nSPS) is 15.0. The summed E-state index contributed by atoms with van der Waals surface area (Å²) in [4.78, 5) is 4.56. The third-order valence-corrected chi connectivity index (χ3v) is 4.89. The highest BCUT2D eigenvalue weighted by atomic mass is 16.5. The van der Waals surface area contributed by atoms with E-state index in [1.165, 1.54) is 0 Å². The monoisotopic (exact) mass is 372 g/mol. The summed E-state index contributed by atoms with van der Waals surface area (Å²) in [7, 11) is 1.89. The Morgan fingerprint density at radius 3 is 2.89 bits per heavy atom. The van der Waals surface area contributed by atoms with Crippen LogP contribution < -0.4 is 9.47 Å². The lowest BCUT2D eigenvalue weighted by Gasteiger charge is -2.11. The van der Waals surface area contributed by atoms with Gasteiger partial charge in [-0.2, -0.15) is 5.10 Å². The van der Waals surface area contributed by atoms with Crippen molar-refractivity contribution in [2.75, 3.05) is 13.2 Å². The van der Waals surface area contributed by atoms with Crippen LogP contribution in [-0.4, -0.2) is 32.4 Å². The van der Waals surface area contributed by atoms with Crippen LogP contribution in [0.5, 0.6) is 11.6 Å². The van der Waals surface area contributed by atoms with Crippen molar-refractivity contribution in [3.05, 3.63) is 66.4 Å². The largest absolute Gasteiger partial charge is 0.493 e. The minimum absolute atomic E-state index is 0.560. The second kappa shape index (κ2) is 6.88. The highest BCUT2D eigenvalue weighted by Gasteiger charge is 2.14. The van der Waals surface area contributed by atoms with Gasteiger partial charge in [0.1, 0.15) is 5.75 Å². The van der Waals surface area contributed by atoms with Crippen LogP contribution in [0.15, 0.2) is 55.1 Å². The number of hydrogen-bond acceptors (Lipinski definition) is 4. The van der Waals surface area contributed by atoms with Gasteiger partial charge in [-0.05, 0) is 35.9 Å². The number of aryl methyl sites for hydroxylation is 1. The molecule has 0 saturated heterocycles. The quantitative estimate of drug-likeness (QED) is 0.467. The summed E-state index contributed by atoms with van der Waals surface area (Å²) >= 11 is 0. The van der Waals surface area contributed by atoms with Crippen molar-refractivity contribution in [2.24, 2.45) is 7.05 Å². The third kappa shape index (κ3) is 2.93. The fourth-order valence-corrected chi connectivity index (χ4v) is 3.43. The van der Waals surface area contributed by atoms with Gasteiger partial charge in [-0.1, -0.05) is 18.2 Å². The second-order valence-corrected chi connectivity index (χ2v) is 6.75. The molecule has 0 amide bonds. The standard InChI is InChI=1S/C22H20N4O2/c1-25-22-18(14-24-25)17-9-10-26-15-23-19(20(26)13-17)8-7-16-5-2-3-6-21(16)27-11-4-12-28-22/h2-3,5-10,13-15H,4,11-12H2,1H3/b8-7+. The molecule has 4 heterocycles. The molecule has 0 aliphatic carbocycles. The van der Waals surface area contributed by atoms with E-state index in [9.17, 15) is 0 Å². The summed E-state index contributed by atoms with van der Waals surface area (Å²) < 4.78 is 15.8. The Labute approximate surface area is 162 Å². The van der Waals surface area contributed by atoms with Gasteiger partial charge >= 0.3 is 0 Å². The van der Waals surface area contributed by atoms with Crippen molar-refractivity contribution in [3.8, 4) is 22.8 Å². The van der Waals surface area contributed by atoms with Crippen LogP contribution >= 0.6 is 0 Å². The topological polar surface area (TPSA) is 53.6 Å². The van der Waals surface area contributed by atoms with E-state index in [-0.39, 0.29) is 0 Å². The SMILES string of the molecule is Cn1ncc2c1OCCCOc1ccccc1/C=C/c1ncn3ccc-2cc13. The molecule has 0 fully saturated rings. The molecule has 6 heteroatoms. The summed E-state index contributed by atoms with van der Waals surface area (Å²) in [5.74, 6) is 1.62. The van der Waals surface area contributed by atoms with Gasteiger partial charge in [-0.25, -0.2) is 9.67 Å². The molecule has 0 atom stereocenters. The molecule has 1 aliphatic heterocycles. The first-order chi connectivity index (χ1) is 13.8. The first kappa shape index (κ1) is 16.6. The zero-order chi connectivity index (χ0) is 18.9. The zero-order valence-corrected chi connectivity index (χ0v) is 15.6. The van der Waals surface area contributed by atoms with Crippen LogP contribution in [0.1, 0.15) is 17.7 Å². The number of rotatable bonds is 0. The lowest BCUT2D eigenvalue weighted by atomic mass is 10.1. The Morgan fingerprint density at radius 1 is 1.04 bits per heavy atom. The average Bonchev–Trinajstić information content (AvgIpc) is 3.29. The molecule has 28 heavy (non-hydrogen) atoms. The van der Waals surface area contributed by atoms with Gasteiger partial charge in [0.2, 0.25) is 5.88 Å². The van der Waals surface area contributed by atoms with Crippen molar-refractivity contribution in [1.82, 2.24) is 19.2 Å². The van der Waals surface area contributed by atoms with Gasteiger partial charge in [0.25, 0.3) is 0 Å². The van der Waals surface area contributed by atoms with E-state index in [0.717, 1.165) is 46.0 Å². The average molecular weight is 372 g/mol. The van der Waals surface area contributed by atoms with E-state index in [1.54, 1.807) is 4.68 Å². The molecule has 140 valence electrons. The lowest BCUT2D eigenvalue weighted by Crippen LogP contribution is -2.08. The van der Waals surface area contributed by atoms with Gasteiger partial charge in [0, 0.05) is 25.2 Å². The number of nitrogens with zero attached hydrogens (tertiary/aromatic N) is 4. The minimum Gasteiger partial charge on any atom is -0.493 e. The predicted molar refractivity (Wildman–Crippen MR) is 108 cm³/mol. The maximum absolute atomic E-state index is 6.05. The maximum atomic E-state index is 6.05. The van der Waals surface area contributed by atoms with Crippen molar-refractivity contribution in [3.63, 3.8) is 0 Å². The van der Waals surface area contributed by atoms with Crippen LogP contribution in [-0.2, 0) is 7.05 Å². The number of para-hydroxylation sites is 1. The highest BCUT2D eigenvalue weighted by Crippen LogP contribution is 2.31. The summed E-state index contributed by atoms with van der Waals surface area (Å²) in [5, 5.41) is 4.38. The molecule has 0 radical (unpaired) electrons. The fraction of sp³-hybridized carbons (Fsp3) is 0.182. The maximum Gasteiger partial charge on any atom is 0.219 e. The van der Waals surface area contributed by atoms with Gasteiger partial charge in [-0.3, -0.25) is 0 Å². The first-order valence-electron chi connectivity index (χ1n) is 9.31. The molecule has 3 aromatic heterocycles. The third-order valence-electron chi connectivity index (χ3n) is 4.89. The molecule has 0 saturated carbocycles. The van der Waals surface area contributed by atoms with E-state index in [2.05, 4.69) is 28.3 Å². The summed E-state index contributed by atoms with van der Waals surface area (Å²) in [5.41, 5.74) is 4.98. The molecular formula is C22H20N4O2. The lowest BCUT2D eigenvalue weighted by molar-refractivity contribution is 0.236. The number of hydrogen-bond donors (Lipinski definition) is 0.